The molecule has 1 aromatic rings. The molecule has 99 heavy (non-hydrogen) atoms. The van der Waals surface area contributed by atoms with Gasteiger partial charge in [-0.3, -0.25) is 57.5 Å². The molecule has 6 aliphatic rings. The van der Waals surface area contributed by atoms with Gasteiger partial charge in [0.05, 0.1) is 25.1 Å². The number of aryl methyl sites for hydroxylation is 1. The summed E-state index contributed by atoms with van der Waals surface area (Å²) in [6.07, 6.45) is 3.01. The van der Waals surface area contributed by atoms with Crippen molar-refractivity contribution in [2.45, 2.75) is 236 Å². The fourth-order valence-corrected chi connectivity index (χ4v) is 15.3. The molecule has 12 amide bonds. The first kappa shape index (κ1) is 78.9. The van der Waals surface area contributed by atoms with E-state index in [1.807, 2.05) is 20.8 Å². The largest absolute Gasteiger partial charge is 0.419 e. The minimum Gasteiger partial charge on any atom is -0.343 e. The zero-order chi connectivity index (χ0) is 73.1. The van der Waals surface area contributed by atoms with Gasteiger partial charge in [-0.1, -0.05) is 99.0 Å². The van der Waals surface area contributed by atoms with Crippen LogP contribution in [0.5, 0.6) is 0 Å². The molecule has 552 valence electrons. The first-order chi connectivity index (χ1) is 46.6. The molecule has 0 aromatic heterocycles. The Labute approximate surface area is 580 Å². The summed E-state index contributed by atoms with van der Waals surface area (Å²) in [5, 5.41) is 8.64. The maximum Gasteiger partial charge on any atom is 0.419 e. The molecule has 4 aliphatic heterocycles. The molecule has 9 atom stereocenters. The average Bonchev–Trinajstić information content (AvgIpc) is 1.59. The molecule has 4 heterocycles. The number of nitrogens with one attached hydrogen (secondary N) is 3. The second kappa shape index (κ2) is 34.3. The van der Waals surface area contributed by atoms with Crippen molar-refractivity contribution in [2.75, 3.05) is 81.6 Å². The predicted octanol–water partition coefficient (Wildman–Crippen LogP) is 5.13. The summed E-state index contributed by atoms with van der Waals surface area (Å²) < 4.78 is 56.1. The zero-order valence-corrected chi connectivity index (χ0v) is 60.2. The normalized spacial score (nSPS) is 27.2. The molecule has 1 aromatic carbocycles. The summed E-state index contributed by atoms with van der Waals surface area (Å²) in [5.41, 5.74) is -3.05. The van der Waals surface area contributed by atoms with Gasteiger partial charge in [-0.2, -0.15) is 13.2 Å². The number of likely N-dealkylation sites (N-methyl/N-ethyl adjacent to an activating group) is 6. The van der Waals surface area contributed by atoms with Crippen LogP contribution in [0, 0.1) is 29.5 Å². The van der Waals surface area contributed by atoms with Crippen LogP contribution >= 0.6 is 0 Å². The molecule has 24 nitrogen and oxygen atoms in total. The first-order valence-electron chi connectivity index (χ1n) is 35.8. The van der Waals surface area contributed by atoms with E-state index >= 15 is 18.8 Å². The van der Waals surface area contributed by atoms with Crippen molar-refractivity contribution in [1.82, 2.24) is 60.0 Å². The fraction of sp³-hybridized carbons (Fsp3) is 0.746. The highest BCUT2D eigenvalue weighted by atomic mass is 19.4. The van der Waals surface area contributed by atoms with Crippen LogP contribution in [0.15, 0.2) is 18.2 Å². The topological polar surface area (TPSA) is 270 Å². The molecule has 3 N–H and O–H groups in total. The smallest absolute Gasteiger partial charge is 0.343 e. The lowest BCUT2D eigenvalue weighted by Crippen LogP contribution is -2.65. The Morgan fingerprint density at radius 2 is 1.23 bits per heavy atom. The number of hydrogen-bond donors (Lipinski definition) is 3. The van der Waals surface area contributed by atoms with E-state index in [-0.39, 0.29) is 81.9 Å². The van der Waals surface area contributed by atoms with Gasteiger partial charge in [0.1, 0.15) is 59.7 Å². The number of fused-ring (bicyclic) bond motifs is 2. The minimum atomic E-state index is -5.00. The molecule has 6 fully saturated rings. The van der Waals surface area contributed by atoms with Gasteiger partial charge in [-0.05, 0) is 118 Å². The summed E-state index contributed by atoms with van der Waals surface area (Å²) >= 11 is 0. The number of rotatable bonds is 11. The zero-order valence-electron chi connectivity index (χ0n) is 60.2. The van der Waals surface area contributed by atoms with Crippen LogP contribution < -0.4 is 16.0 Å². The van der Waals surface area contributed by atoms with Crippen LogP contribution in [0.2, 0.25) is 0 Å². The highest BCUT2D eigenvalue weighted by molar-refractivity contribution is 6.01. The van der Waals surface area contributed by atoms with E-state index in [2.05, 4.69) is 16.0 Å². The number of nitrogens with zero attached hydrogens (tertiary/aromatic N) is 9. The lowest BCUT2D eigenvalue weighted by Gasteiger charge is -2.44. The van der Waals surface area contributed by atoms with Crippen molar-refractivity contribution in [3.05, 3.63) is 35.1 Å². The molecule has 28 heteroatoms. The van der Waals surface area contributed by atoms with E-state index in [1.165, 1.54) is 76.6 Å². The third-order valence-electron chi connectivity index (χ3n) is 21.7. The summed E-state index contributed by atoms with van der Waals surface area (Å²) in [7, 11) is 8.46. The Balaban J connectivity index is 1.27. The lowest BCUT2D eigenvalue weighted by atomic mass is 9.84. The molecule has 2 saturated carbocycles. The Bertz CT molecular complexity index is 3120. The number of carbonyl (C=O) groups excluding carboxylic acids is 12. The molecule has 4 saturated heterocycles. The monoisotopic (exact) mass is 1400 g/mol. The van der Waals surface area contributed by atoms with Crippen LogP contribution in [0.4, 0.5) is 17.6 Å². The summed E-state index contributed by atoms with van der Waals surface area (Å²) in [4.78, 5) is 190. The van der Waals surface area contributed by atoms with Crippen LogP contribution in [0.1, 0.15) is 181 Å². The van der Waals surface area contributed by atoms with Gasteiger partial charge in [0, 0.05) is 68.5 Å². The Morgan fingerprint density at radius 1 is 0.616 bits per heavy atom. The van der Waals surface area contributed by atoms with E-state index in [4.69, 9.17) is 0 Å². The molecule has 7 rings (SSSR count). The van der Waals surface area contributed by atoms with E-state index in [0.29, 0.717) is 63.7 Å². The highest BCUT2D eigenvalue weighted by Crippen LogP contribution is 2.36. The number of halogens is 4. The summed E-state index contributed by atoms with van der Waals surface area (Å²) in [5.74, 6) is -10.7. The maximum absolute atomic E-state index is 15.4. The van der Waals surface area contributed by atoms with Gasteiger partial charge in [0.15, 0.2) is 0 Å². The third-order valence-corrected chi connectivity index (χ3v) is 21.7. The first-order valence-corrected chi connectivity index (χ1v) is 35.8. The molecule has 2 aliphatic carbocycles. The number of benzene rings is 1. The molecule has 0 bridgehead atoms. The Kier molecular flexibility index (Phi) is 27.3. The molecular formula is C71H108F4N12O12. The minimum absolute atomic E-state index is 0.00534. The van der Waals surface area contributed by atoms with Gasteiger partial charge in [0.2, 0.25) is 70.9 Å². The van der Waals surface area contributed by atoms with Gasteiger partial charge >= 0.3 is 6.18 Å². The number of piperidine rings is 1. The SMILES string of the molecule is CC[C@H](C)[C@@H]1NC(=O)[C@H](CC(C)C)N(C)C(=O)C[C@@H](C(=O)N2CCCCC2)N(C)C(=O)[C@H](C(C)C)N(C)C(=O)C2(CCCC2)NC(=O)[C@@H]2CCCN2C(=O)[C@H](CCc2ccc(C(F)(F)F)c(F)c2)NC(=O)CN(C)C(=O)[C@H](CC2CCCCC2)N(C)C(=O)CN(C)C(=O)[C@@H]2CCN2C1=O. The van der Waals surface area contributed by atoms with E-state index < -0.39 is 174 Å². The quantitative estimate of drug-likeness (QED) is 0.244. The number of hydrogen-bond acceptors (Lipinski definition) is 12. The van der Waals surface area contributed by atoms with E-state index in [1.54, 1.807) is 25.7 Å². The molecule has 0 radical (unpaired) electrons. The van der Waals surface area contributed by atoms with Crippen LogP contribution in [-0.2, 0) is 70.1 Å². The van der Waals surface area contributed by atoms with Gasteiger partial charge in [0.25, 0.3) is 0 Å². The number of amides is 12. The molecular weight excluding hydrogens is 1290 g/mol. The molecule has 1 spiro atoms. The maximum atomic E-state index is 15.4. The van der Waals surface area contributed by atoms with Gasteiger partial charge in [-0.25, -0.2) is 4.39 Å². The Hall–Kier alpha value is -7.42. The standard InChI is InChI=1S/C71H108F4N12O12/c1-13-45(6)59-67(97)87-36-30-52(87)64(94)80(8)42-58(90)82(10)54(39-46-23-16-14-17-24-46)65(95)79(7)41-56(88)76-50(29-27-47-26-28-48(49(72)38-47)71(73,74)75)63(93)86-35-22-25-51(86)62(92)78-70(31-18-19-32-70)69(99)84(12)60(44(4)5)68(98)83(11)55(66(96)85-33-20-15-21-34-85)40-57(89)81(9)53(37-43(2)3)61(91)77-59/h26,28,38,43-46,50-55,59-60H,13-25,27,29-37,39-42H2,1-12H3,(H,76,88)(H,77,91)(H,78,92)/t45-,50-,51-,52-,53-,54-,55-,59-,60-/m0/s1. The fourth-order valence-electron chi connectivity index (χ4n) is 15.3. The summed E-state index contributed by atoms with van der Waals surface area (Å²) in [6.45, 7) is 10.5. The number of alkyl halides is 3. The second-order valence-corrected chi connectivity index (χ2v) is 29.6. The van der Waals surface area contributed by atoms with Crippen molar-refractivity contribution in [2.24, 2.45) is 23.7 Å². The second-order valence-electron chi connectivity index (χ2n) is 29.6. The van der Waals surface area contributed by atoms with Crippen molar-refractivity contribution in [3.63, 3.8) is 0 Å². The van der Waals surface area contributed by atoms with E-state index in [0.717, 1.165) is 49.5 Å². The van der Waals surface area contributed by atoms with E-state index in [9.17, 15) is 56.3 Å². The van der Waals surface area contributed by atoms with Crippen LogP contribution in [-0.4, -0.2) is 250 Å². The van der Waals surface area contributed by atoms with Crippen molar-refractivity contribution in [3.8, 4) is 0 Å². The average molecular weight is 1400 g/mol. The van der Waals surface area contributed by atoms with Crippen molar-refractivity contribution >= 4 is 70.9 Å². The van der Waals surface area contributed by atoms with Crippen molar-refractivity contribution < 1.29 is 75.1 Å². The third kappa shape index (κ3) is 19.0. The predicted molar refractivity (Wildman–Crippen MR) is 359 cm³/mol. The lowest BCUT2D eigenvalue weighted by molar-refractivity contribution is -0.157. The van der Waals surface area contributed by atoms with Gasteiger partial charge in [-0.15, -0.1) is 0 Å². The number of carbonyl (C=O) groups is 12. The molecule has 0 unspecified atom stereocenters. The van der Waals surface area contributed by atoms with Gasteiger partial charge < -0.3 is 60.0 Å². The highest BCUT2D eigenvalue weighted by Gasteiger charge is 2.51. The Morgan fingerprint density at radius 3 is 1.82 bits per heavy atom. The van der Waals surface area contributed by atoms with Crippen LogP contribution in [0.25, 0.3) is 0 Å². The van der Waals surface area contributed by atoms with Crippen molar-refractivity contribution in [1.29, 1.82) is 0 Å². The summed E-state index contributed by atoms with van der Waals surface area (Å²) in [6, 6.07) is -7.63. The van der Waals surface area contributed by atoms with Crippen LogP contribution in [0.3, 0.4) is 0 Å². The number of likely N-dealkylation sites (tertiary alicyclic amines) is 1.